The van der Waals surface area contributed by atoms with E-state index in [2.05, 4.69) is 65.8 Å². The number of ether oxygens (including phenoxy) is 2. The summed E-state index contributed by atoms with van der Waals surface area (Å²) >= 11 is 0. The third kappa shape index (κ3) is 8.57. The molecule has 7 nitrogen and oxygen atoms in total. The van der Waals surface area contributed by atoms with E-state index in [1.807, 2.05) is 43.3 Å². The maximum atomic E-state index is 12.9. The summed E-state index contributed by atoms with van der Waals surface area (Å²) in [6, 6.07) is 23.5. The van der Waals surface area contributed by atoms with Crippen molar-refractivity contribution >= 4 is 23.0 Å². The minimum Gasteiger partial charge on any atom is -0.497 e. The van der Waals surface area contributed by atoms with Crippen LogP contribution < -0.4 is 20.3 Å². The molecule has 3 aromatic carbocycles. The van der Waals surface area contributed by atoms with Crippen molar-refractivity contribution in [3.8, 4) is 5.75 Å². The van der Waals surface area contributed by atoms with E-state index < -0.39 is 0 Å². The fourth-order valence-electron chi connectivity index (χ4n) is 4.71. The van der Waals surface area contributed by atoms with Gasteiger partial charge in [-0.25, -0.2) is 4.99 Å². The number of carbonyl (C=O) groups excluding carboxylic acids is 1. The first-order valence-electron chi connectivity index (χ1n) is 14.7. The number of nitrogens with one attached hydrogen (secondary N) is 2. The molecule has 220 valence electrons. The Labute approximate surface area is 250 Å². The van der Waals surface area contributed by atoms with E-state index in [1.54, 1.807) is 25.3 Å². The maximum absolute atomic E-state index is 12.9. The molecular formula is C35H42N4O3. The second-order valence-corrected chi connectivity index (χ2v) is 10.2. The Kier molecular flexibility index (Phi) is 11.4. The van der Waals surface area contributed by atoms with Gasteiger partial charge >= 0.3 is 0 Å². The van der Waals surface area contributed by atoms with Crippen LogP contribution in [0.2, 0.25) is 0 Å². The van der Waals surface area contributed by atoms with E-state index in [0.717, 1.165) is 67.5 Å². The van der Waals surface area contributed by atoms with Crippen LogP contribution in [0.15, 0.2) is 102 Å². The third-order valence-electron chi connectivity index (χ3n) is 7.10. The number of allylic oxidation sites excluding steroid dienone is 3. The van der Waals surface area contributed by atoms with Crippen molar-refractivity contribution in [2.45, 2.75) is 39.7 Å². The van der Waals surface area contributed by atoms with Crippen molar-refractivity contribution in [3.05, 3.63) is 114 Å². The molecular weight excluding hydrogens is 524 g/mol. The molecule has 0 aliphatic carbocycles. The second-order valence-electron chi connectivity index (χ2n) is 10.2. The minimum absolute atomic E-state index is 0.0471. The molecule has 4 rings (SSSR count). The summed E-state index contributed by atoms with van der Waals surface area (Å²) in [4.78, 5) is 20.3. The molecule has 1 saturated heterocycles. The van der Waals surface area contributed by atoms with Crippen LogP contribution in [0.4, 0.5) is 11.4 Å². The predicted octanol–water partition coefficient (Wildman–Crippen LogP) is 7.14. The van der Waals surface area contributed by atoms with Gasteiger partial charge in [-0.05, 0) is 80.4 Å². The highest BCUT2D eigenvalue weighted by Gasteiger charge is 2.14. The molecule has 0 bridgehead atoms. The van der Waals surface area contributed by atoms with Crippen molar-refractivity contribution in [3.63, 3.8) is 0 Å². The van der Waals surface area contributed by atoms with E-state index in [4.69, 9.17) is 14.5 Å². The molecule has 1 atom stereocenters. The average Bonchev–Trinajstić information content (AvgIpc) is 3.04. The SMILES string of the molecule is C\C=C(/N=C(/C=C/CCC)c1cccc(N2CCOCC2)c1)N[C@@H](C)c1cccc(NC(=O)c2cccc(OC)c2)c1. The summed E-state index contributed by atoms with van der Waals surface area (Å²) in [6.45, 7) is 9.53. The largest absolute Gasteiger partial charge is 0.497 e. The van der Waals surface area contributed by atoms with E-state index in [9.17, 15) is 4.79 Å². The van der Waals surface area contributed by atoms with E-state index in [0.29, 0.717) is 11.3 Å². The van der Waals surface area contributed by atoms with Crippen molar-refractivity contribution in [2.75, 3.05) is 43.6 Å². The van der Waals surface area contributed by atoms with E-state index in [1.165, 1.54) is 5.69 Å². The Morgan fingerprint density at radius 1 is 1.05 bits per heavy atom. The zero-order valence-corrected chi connectivity index (χ0v) is 25.1. The smallest absolute Gasteiger partial charge is 0.255 e. The van der Waals surface area contributed by atoms with Gasteiger partial charge in [-0.2, -0.15) is 0 Å². The monoisotopic (exact) mass is 566 g/mol. The number of carbonyl (C=O) groups is 1. The first-order chi connectivity index (χ1) is 20.5. The summed E-state index contributed by atoms with van der Waals surface area (Å²) in [7, 11) is 1.59. The van der Waals surface area contributed by atoms with Gasteiger partial charge in [0.1, 0.15) is 11.6 Å². The predicted molar refractivity (Wildman–Crippen MR) is 173 cm³/mol. The number of nitrogens with zero attached hydrogens (tertiary/aromatic N) is 2. The molecule has 1 aliphatic rings. The third-order valence-corrected chi connectivity index (χ3v) is 7.10. The molecule has 42 heavy (non-hydrogen) atoms. The maximum Gasteiger partial charge on any atom is 0.255 e. The van der Waals surface area contributed by atoms with Crippen molar-refractivity contribution < 1.29 is 14.3 Å². The van der Waals surface area contributed by atoms with Gasteiger partial charge in [0.05, 0.1) is 32.1 Å². The van der Waals surface area contributed by atoms with Crippen LogP contribution in [0.5, 0.6) is 5.75 Å². The normalized spacial score (nSPS) is 15.0. The molecule has 0 radical (unpaired) electrons. The van der Waals surface area contributed by atoms with Crippen LogP contribution >= 0.6 is 0 Å². The van der Waals surface area contributed by atoms with Crippen molar-refractivity contribution in [1.29, 1.82) is 0 Å². The van der Waals surface area contributed by atoms with Crippen LogP contribution in [0.25, 0.3) is 0 Å². The Hall–Kier alpha value is -4.36. The van der Waals surface area contributed by atoms with Crippen molar-refractivity contribution in [2.24, 2.45) is 4.99 Å². The lowest BCUT2D eigenvalue weighted by molar-refractivity contribution is 0.102. The van der Waals surface area contributed by atoms with Gasteiger partial charge in [0.15, 0.2) is 0 Å². The summed E-state index contributed by atoms with van der Waals surface area (Å²) in [6.07, 6.45) is 8.36. The zero-order valence-electron chi connectivity index (χ0n) is 25.1. The van der Waals surface area contributed by atoms with Gasteiger partial charge in [-0.1, -0.05) is 49.8 Å². The van der Waals surface area contributed by atoms with Gasteiger partial charge in [-0.15, -0.1) is 0 Å². The van der Waals surface area contributed by atoms with E-state index in [-0.39, 0.29) is 11.9 Å². The standard InChI is InChI=1S/C35H42N4O3/c1-5-7-8-18-33(28-13-10-16-31(24-28)39-19-21-42-22-20-39)38-34(6-2)36-26(3)27-12-9-15-30(23-27)37-35(40)29-14-11-17-32(25-29)41-4/h6,8-18,23-26,36H,5,7,19-22H2,1-4H3,(H,37,40)/b18-8+,34-6-,38-33-/t26-/m0/s1. The van der Waals surface area contributed by atoms with Gasteiger partial charge in [0, 0.05) is 35.6 Å². The molecule has 7 heteroatoms. The molecule has 0 aromatic heterocycles. The second kappa shape index (κ2) is 15.6. The average molecular weight is 567 g/mol. The van der Waals surface area contributed by atoms with Crippen LogP contribution in [-0.2, 0) is 4.74 Å². The molecule has 1 heterocycles. The van der Waals surface area contributed by atoms with Crippen molar-refractivity contribution in [1.82, 2.24) is 5.32 Å². The highest BCUT2D eigenvalue weighted by molar-refractivity contribution is 6.09. The van der Waals surface area contributed by atoms with Crippen LogP contribution in [0, 0.1) is 0 Å². The molecule has 0 saturated carbocycles. The Morgan fingerprint density at radius 2 is 1.81 bits per heavy atom. The van der Waals surface area contributed by atoms with Crippen LogP contribution in [0.1, 0.15) is 61.1 Å². The summed E-state index contributed by atoms with van der Waals surface area (Å²) < 4.78 is 10.8. The van der Waals surface area contributed by atoms with E-state index >= 15 is 0 Å². The van der Waals surface area contributed by atoms with Gasteiger partial charge < -0.3 is 25.0 Å². The van der Waals surface area contributed by atoms with Gasteiger partial charge in [0.2, 0.25) is 0 Å². The zero-order chi connectivity index (χ0) is 29.7. The molecule has 0 spiro atoms. The number of amides is 1. The number of morpholine rings is 1. The molecule has 1 aliphatic heterocycles. The minimum atomic E-state index is -0.187. The lowest BCUT2D eigenvalue weighted by Crippen LogP contribution is -2.36. The molecule has 0 unspecified atom stereocenters. The number of hydrogen-bond acceptors (Lipinski definition) is 6. The summed E-state index contributed by atoms with van der Waals surface area (Å²) in [5, 5.41) is 6.56. The first kappa shape index (κ1) is 30.6. The molecule has 1 fully saturated rings. The summed E-state index contributed by atoms with van der Waals surface area (Å²) in [5.74, 6) is 1.24. The van der Waals surface area contributed by atoms with Crippen LogP contribution in [-0.4, -0.2) is 45.0 Å². The fourth-order valence-corrected chi connectivity index (χ4v) is 4.71. The fraction of sp³-hybridized carbons (Fsp3) is 0.314. The lowest BCUT2D eigenvalue weighted by atomic mass is 10.1. The summed E-state index contributed by atoms with van der Waals surface area (Å²) in [5.41, 5.74) is 5.46. The highest BCUT2D eigenvalue weighted by Crippen LogP contribution is 2.22. The molecule has 2 N–H and O–H groups in total. The lowest BCUT2D eigenvalue weighted by Gasteiger charge is -2.29. The Morgan fingerprint density at radius 3 is 2.57 bits per heavy atom. The number of rotatable bonds is 12. The number of methoxy groups -OCH3 is 1. The molecule has 1 amide bonds. The topological polar surface area (TPSA) is 75.2 Å². The Bertz CT molecular complexity index is 1420. The Balaban J connectivity index is 1.51. The number of unbranched alkanes of at least 4 members (excludes halogenated alkanes) is 1. The number of hydrogen-bond donors (Lipinski definition) is 2. The number of anilines is 2. The quantitative estimate of drug-likeness (QED) is 0.228. The van der Waals surface area contributed by atoms with Gasteiger partial charge in [0.25, 0.3) is 5.91 Å². The van der Waals surface area contributed by atoms with Crippen LogP contribution in [0.3, 0.4) is 0 Å². The molecule has 3 aromatic rings. The van der Waals surface area contributed by atoms with Gasteiger partial charge in [-0.3, -0.25) is 4.79 Å². The highest BCUT2D eigenvalue weighted by atomic mass is 16.5. The first-order valence-corrected chi connectivity index (χ1v) is 14.7. The number of benzene rings is 3. The number of aliphatic imine (C=N–C) groups is 1.